The topological polar surface area (TPSA) is 82.2 Å². The van der Waals surface area contributed by atoms with Crippen LogP contribution < -0.4 is 10.1 Å². The number of nitrogens with zero attached hydrogens (tertiary/aromatic N) is 3. The molecule has 0 radical (unpaired) electrons. The fraction of sp³-hybridized carbons (Fsp3) is 0.136. The predicted molar refractivity (Wildman–Crippen MR) is 123 cm³/mol. The second-order valence-corrected chi connectivity index (χ2v) is 8.06. The Hall–Kier alpha value is -3.00. The van der Waals surface area contributed by atoms with Crippen molar-refractivity contribution in [2.24, 2.45) is 0 Å². The van der Waals surface area contributed by atoms with E-state index < -0.39 is 5.91 Å². The van der Waals surface area contributed by atoms with Crippen molar-refractivity contribution in [2.75, 3.05) is 5.32 Å². The minimum absolute atomic E-state index is 0.0707. The number of carbonyl (C=O) groups excluding carboxylic acids is 1. The molecule has 1 N–H and O–H groups in total. The van der Waals surface area contributed by atoms with Gasteiger partial charge in [-0.2, -0.15) is 5.10 Å². The summed E-state index contributed by atoms with van der Waals surface area (Å²) in [5.41, 5.74) is 1.37. The van der Waals surface area contributed by atoms with Crippen LogP contribution in [0.1, 0.15) is 27.4 Å². The number of nitrogens with one attached hydrogen (secondary N) is 1. The number of rotatable bonds is 7. The van der Waals surface area contributed by atoms with Crippen molar-refractivity contribution in [3.8, 4) is 5.75 Å². The highest BCUT2D eigenvalue weighted by atomic mass is 35.5. The molecule has 164 valence electrons. The Morgan fingerprint density at radius 1 is 1.03 bits per heavy atom. The number of aryl methyl sites for hydroxylation is 1. The number of ether oxygens (including phenoxy) is 1. The summed E-state index contributed by atoms with van der Waals surface area (Å²) in [6.45, 7) is 2.13. The molecule has 4 rings (SSSR count). The SMILES string of the molecule is Cc1onc(C(=O)Nc2ccn(Cc3c(Cl)cccc3Cl)n2)c1COc1ccccc1Cl. The smallest absolute Gasteiger partial charge is 0.279 e. The van der Waals surface area contributed by atoms with Crippen molar-refractivity contribution in [2.45, 2.75) is 20.1 Å². The van der Waals surface area contributed by atoms with Crippen molar-refractivity contribution in [1.29, 1.82) is 0 Å². The van der Waals surface area contributed by atoms with Crippen LogP contribution in [-0.4, -0.2) is 20.8 Å². The Morgan fingerprint density at radius 2 is 1.75 bits per heavy atom. The van der Waals surface area contributed by atoms with Gasteiger partial charge in [0.2, 0.25) is 0 Å². The van der Waals surface area contributed by atoms with Gasteiger partial charge in [-0.15, -0.1) is 0 Å². The van der Waals surface area contributed by atoms with Gasteiger partial charge in [-0.05, 0) is 31.2 Å². The van der Waals surface area contributed by atoms with Gasteiger partial charge in [0.25, 0.3) is 5.91 Å². The first-order chi connectivity index (χ1) is 15.4. The van der Waals surface area contributed by atoms with E-state index in [2.05, 4.69) is 15.6 Å². The summed E-state index contributed by atoms with van der Waals surface area (Å²) in [4.78, 5) is 12.8. The van der Waals surface area contributed by atoms with Crippen LogP contribution >= 0.6 is 34.8 Å². The van der Waals surface area contributed by atoms with Gasteiger partial charge in [-0.1, -0.05) is 58.2 Å². The van der Waals surface area contributed by atoms with Crippen molar-refractivity contribution in [3.63, 3.8) is 0 Å². The van der Waals surface area contributed by atoms with Crippen molar-refractivity contribution < 1.29 is 14.1 Å². The highest BCUT2D eigenvalue weighted by Gasteiger charge is 2.21. The van der Waals surface area contributed by atoms with Gasteiger partial charge in [-0.3, -0.25) is 9.48 Å². The average Bonchev–Trinajstić information content (AvgIpc) is 3.36. The van der Waals surface area contributed by atoms with E-state index in [1.165, 1.54) is 0 Å². The zero-order chi connectivity index (χ0) is 22.7. The molecule has 2 heterocycles. The number of benzene rings is 2. The summed E-state index contributed by atoms with van der Waals surface area (Å²) in [6, 6.07) is 14.0. The van der Waals surface area contributed by atoms with Crippen LogP contribution in [0.4, 0.5) is 5.82 Å². The van der Waals surface area contributed by atoms with E-state index in [0.717, 1.165) is 5.56 Å². The molecule has 0 spiro atoms. The molecule has 0 saturated heterocycles. The molecule has 0 atom stereocenters. The van der Waals surface area contributed by atoms with E-state index in [1.54, 1.807) is 66.3 Å². The molecular formula is C22H17Cl3N4O3. The second kappa shape index (κ2) is 9.65. The zero-order valence-corrected chi connectivity index (χ0v) is 19.1. The fourth-order valence-electron chi connectivity index (χ4n) is 2.99. The summed E-state index contributed by atoms with van der Waals surface area (Å²) < 4.78 is 12.6. The van der Waals surface area contributed by atoms with E-state index in [1.807, 2.05) is 0 Å². The number of anilines is 1. The number of carbonyl (C=O) groups is 1. The first-order valence-corrected chi connectivity index (χ1v) is 10.7. The average molecular weight is 492 g/mol. The highest BCUT2D eigenvalue weighted by molar-refractivity contribution is 6.36. The quantitative estimate of drug-likeness (QED) is 0.342. The summed E-state index contributed by atoms with van der Waals surface area (Å²) in [6.07, 6.45) is 1.71. The van der Waals surface area contributed by atoms with Crippen molar-refractivity contribution in [1.82, 2.24) is 14.9 Å². The van der Waals surface area contributed by atoms with Crippen LogP contribution in [0, 0.1) is 6.92 Å². The summed E-state index contributed by atoms with van der Waals surface area (Å²) in [5, 5.41) is 12.5. The van der Waals surface area contributed by atoms with Gasteiger partial charge < -0.3 is 14.6 Å². The lowest BCUT2D eigenvalue weighted by atomic mass is 10.2. The lowest BCUT2D eigenvalue weighted by Crippen LogP contribution is -2.16. The molecule has 0 bridgehead atoms. The highest BCUT2D eigenvalue weighted by Crippen LogP contribution is 2.26. The number of halogens is 3. The van der Waals surface area contributed by atoms with E-state index in [4.69, 9.17) is 44.1 Å². The molecule has 2 aromatic carbocycles. The van der Waals surface area contributed by atoms with Gasteiger partial charge in [0, 0.05) is 27.9 Å². The molecule has 2 aromatic heterocycles. The molecule has 7 nitrogen and oxygen atoms in total. The van der Waals surface area contributed by atoms with E-state index in [-0.39, 0.29) is 12.3 Å². The van der Waals surface area contributed by atoms with Gasteiger partial charge in [0.05, 0.1) is 17.1 Å². The summed E-state index contributed by atoms with van der Waals surface area (Å²) in [7, 11) is 0. The van der Waals surface area contributed by atoms with Crippen LogP contribution in [-0.2, 0) is 13.2 Å². The summed E-state index contributed by atoms with van der Waals surface area (Å²) >= 11 is 18.6. The molecule has 0 unspecified atom stereocenters. The predicted octanol–water partition coefficient (Wildman–Crippen LogP) is 6.02. The van der Waals surface area contributed by atoms with Crippen LogP contribution in [0.15, 0.2) is 59.3 Å². The van der Waals surface area contributed by atoms with Crippen LogP contribution in [0.5, 0.6) is 5.75 Å². The van der Waals surface area contributed by atoms with Gasteiger partial charge in [-0.25, -0.2) is 0 Å². The molecule has 10 heteroatoms. The number of hydrogen-bond acceptors (Lipinski definition) is 5. The standard InChI is InChI=1S/C22H17Cl3N4O3/c1-13-15(12-31-19-8-3-2-5-18(19)25)21(28-32-13)22(30)26-20-9-10-29(27-20)11-14-16(23)6-4-7-17(14)24/h2-10H,11-12H2,1H3,(H,26,27,30). The maximum Gasteiger partial charge on any atom is 0.279 e. The maximum atomic E-state index is 12.8. The van der Waals surface area contributed by atoms with E-state index >= 15 is 0 Å². The van der Waals surface area contributed by atoms with Crippen LogP contribution in [0.3, 0.4) is 0 Å². The molecule has 32 heavy (non-hydrogen) atoms. The first-order valence-electron chi connectivity index (χ1n) is 9.52. The number of hydrogen-bond donors (Lipinski definition) is 1. The number of amides is 1. The van der Waals surface area contributed by atoms with Gasteiger partial charge in [0.15, 0.2) is 11.5 Å². The fourth-order valence-corrected chi connectivity index (χ4v) is 3.70. The third kappa shape index (κ3) is 4.91. The molecule has 0 saturated carbocycles. The van der Waals surface area contributed by atoms with E-state index in [9.17, 15) is 4.79 Å². The molecular weight excluding hydrogens is 475 g/mol. The summed E-state index contributed by atoms with van der Waals surface area (Å²) in [5.74, 6) is 0.844. The molecule has 0 aliphatic heterocycles. The Morgan fingerprint density at radius 3 is 2.50 bits per heavy atom. The Labute approximate surface area is 198 Å². The number of aromatic nitrogens is 3. The Balaban J connectivity index is 1.45. The minimum Gasteiger partial charge on any atom is -0.487 e. The monoisotopic (exact) mass is 490 g/mol. The van der Waals surface area contributed by atoms with Gasteiger partial charge >= 0.3 is 0 Å². The Bertz CT molecular complexity index is 1250. The Kier molecular flexibility index (Phi) is 6.69. The van der Waals surface area contributed by atoms with Crippen molar-refractivity contribution >= 4 is 46.5 Å². The molecule has 4 aromatic rings. The van der Waals surface area contributed by atoms with Gasteiger partial charge in [0.1, 0.15) is 18.1 Å². The van der Waals surface area contributed by atoms with E-state index in [0.29, 0.717) is 44.5 Å². The third-order valence-corrected chi connectivity index (χ3v) is 5.69. The lowest BCUT2D eigenvalue weighted by molar-refractivity contribution is 0.101. The normalized spacial score (nSPS) is 10.9. The van der Waals surface area contributed by atoms with Crippen LogP contribution in [0.2, 0.25) is 15.1 Å². The molecule has 0 aliphatic carbocycles. The molecule has 0 aliphatic rings. The minimum atomic E-state index is -0.472. The second-order valence-electron chi connectivity index (χ2n) is 6.84. The first kappa shape index (κ1) is 22.2. The molecule has 1 amide bonds. The largest absolute Gasteiger partial charge is 0.487 e. The lowest BCUT2D eigenvalue weighted by Gasteiger charge is -2.08. The van der Waals surface area contributed by atoms with Crippen molar-refractivity contribution in [3.05, 3.63) is 92.4 Å². The zero-order valence-electron chi connectivity index (χ0n) is 16.8. The number of para-hydroxylation sites is 1. The van der Waals surface area contributed by atoms with Crippen LogP contribution in [0.25, 0.3) is 0 Å². The maximum absolute atomic E-state index is 12.8. The molecule has 0 fully saturated rings. The third-order valence-electron chi connectivity index (χ3n) is 4.67.